The van der Waals surface area contributed by atoms with E-state index in [-0.39, 0.29) is 12.0 Å². The number of aliphatic hydroxyl groups is 1. The van der Waals surface area contributed by atoms with Crippen LogP contribution in [0.2, 0.25) is 0 Å². The zero-order chi connectivity index (χ0) is 20.4. The first kappa shape index (κ1) is 18.6. The predicted molar refractivity (Wildman–Crippen MR) is 122 cm³/mol. The van der Waals surface area contributed by atoms with Gasteiger partial charge in [-0.05, 0) is 42.5 Å². The summed E-state index contributed by atoms with van der Waals surface area (Å²) in [4.78, 5) is 7.13. The maximum absolute atomic E-state index is 9.60. The lowest BCUT2D eigenvalue weighted by molar-refractivity contribution is 0.0818. The van der Waals surface area contributed by atoms with Gasteiger partial charge in [-0.3, -0.25) is 4.99 Å². The largest absolute Gasteiger partial charge is 0.459 e. The first-order valence-corrected chi connectivity index (χ1v) is 10.9. The lowest BCUT2D eigenvalue weighted by atomic mass is 9.77. The van der Waals surface area contributed by atoms with E-state index in [4.69, 9.17) is 9.73 Å². The molecule has 3 aromatic carbocycles. The molecule has 0 fully saturated rings. The van der Waals surface area contributed by atoms with Crippen LogP contribution in [-0.2, 0) is 17.4 Å². The highest BCUT2D eigenvalue weighted by Crippen LogP contribution is 2.55. The molecule has 2 heterocycles. The number of benzene rings is 3. The molecule has 148 valence electrons. The van der Waals surface area contributed by atoms with Gasteiger partial charge in [-0.2, -0.15) is 0 Å². The zero-order valence-electron chi connectivity index (χ0n) is 16.7. The van der Waals surface area contributed by atoms with E-state index in [0.29, 0.717) is 5.33 Å². The van der Waals surface area contributed by atoms with Crippen LogP contribution in [0.5, 0.6) is 5.75 Å². The zero-order valence-corrected chi connectivity index (χ0v) is 18.3. The molecule has 0 saturated heterocycles. The summed E-state index contributed by atoms with van der Waals surface area (Å²) in [6, 6.07) is 16.6. The number of halogens is 1. The molecule has 0 radical (unpaired) electrons. The van der Waals surface area contributed by atoms with Crippen molar-refractivity contribution in [3.8, 4) is 5.75 Å². The molecular formula is C24H23BrN2O2. The summed E-state index contributed by atoms with van der Waals surface area (Å²) < 4.78 is 6.88. The van der Waals surface area contributed by atoms with Gasteiger partial charge in [0, 0.05) is 29.0 Å². The molecular weight excluding hydrogens is 428 g/mol. The average Bonchev–Trinajstić information content (AvgIpc) is 2.91. The van der Waals surface area contributed by atoms with Gasteiger partial charge < -0.3 is 14.7 Å². The Hall–Kier alpha value is -2.37. The molecule has 29 heavy (non-hydrogen) atoms. The highest BCUT2D eigenvalue weighted by molar-refractivity contribution is 9.08. The second-order valence-electron chi connectivity index (χ2n) is 8.32. The average molecular weight is 451 g/mol. The van der Waals surface area contributed by atoms with Crippen LogP contribution in [-0.4, -0.2) is 24.1 Å². The van der Waals surface area contributed by atoms with Crippen LogP contribution >= 0.6 is 15.9 Å². The monoisotopic (exact) mass is 450 g/mol. The van der Waals surface area contributed by atoms with E-state index in [1.807, 2.05) is 37.5 Å². The minimum Gasteiger partial charge on any atom is -0.459 e. The Balaban J connectivity index is 1.73. The molecule has 0 bridgehead atoms. The Labute approximate surface area is 179 Å². The molecule has 1 atom stereocenters. The van der Waals surface area contributed by atoms with Crippen molar-refractivity contribution >= 4 is 44.3 Å². The minimum atomic E-state index is -0.740. The van der Waals surface area contributed by atoms with E-state index >= 15 is 0 Å². The number of likely N-dealkylation sites (N-methyl/N-ethyl adjacent to an activating group) is 1. The van der Waals surface area contributed by atoms with Crippen molar-refractivity contribution in [3.05, 3.63) is 65.2 Å². The van der Waals surface area contributed by atoms with Crippen molar-refractivity contribution in [3.63, 3.8) is 0 Å². The Morgan fingerprint density at radius 3 is 2.69 bits per heavy atom. The summed E-state index contributed by atoms with van der Waals surface area (Å²) >= 11 is 3.64. The lowest BCUT2D eigenvalue weighted by Gasteiger charge is -2.45. The van der Waals surface area contributed by atoms with Gasteiger partial charge >= 0.3 is 0 Å². The Bertz CT molecular complexity index is 1170. The number of fused-ring (bicyclic) bond motifs is 4. The van der Waals surface area contributed by atoms with E-state index < -0.39 is 5.72 Å². The molecule has 3 aromatic rings. The number of hydrogen-bond acceptors (Lipinski definition) is 4. The van der Waals surface area contributed by atoms with Crippen LogP contribution in [0.4, 0.5) is 11.4 Å². The van der Waals surface area contributed by atoms with Crippen LogP contribution in [0, 0.1) is 0 Å². The second kappa shape index (κ2) is 6.31. The third kappa shape index (κ3) is 2.37. The standard InChI is InChI=1S/C24H23BrN2O2/c1-23(2)19-9-8-15(13-28)10-20(19)27(3)24(23)14-26-21-18-7-5-4-6-16(18)11-17(12-25)22(21)29-24/h4-11,14,28H,12-13H2,1-3H3. The molecule has 0 aliphatic carbocycles. The van der Waals surface area contributed by atoms with Gasteiger partial charge in [-0.25, -0.2) is 0 Å². The van der Waals surface area contributed by atoms with Gasteiger partial charge in [0.1, 0.15) is 5.69 Å². The third-order valence-electron chi connectivity index (χ3n) is 6.50. The highest BCUT2D eigenvalue weighted by Gasteiger charge is 2.58. The van der Waals surface area contributed by atoms with E-state index in [1.54, 1.807) is 0 Å². The van der Waals surface area contributed by atoms with Crippen molar-refractivity contribution in [2.24, 2.45) is 4.99 Å². The van der Waals surface area contributed by atoms with Crippen molar-refractivity contribution in [2.45, 2.75) is 36.9 Å². The summed E-state index contributed by atoms with van der Waals surface area (Å²) in [5, 5.41) is 12.6. The van der Waals surface area contributed by atoms with Crippen LogP contribution in [0.25, 0.3) is 10.8 Å². The fourth-order valence-electron chi connectivity index (χ4n) is 4.76. The van der Waals surface area contributed by atoms with Crippen molar-refractivity contribution in [1.82, 2.24) is 0 Å². The molecule has 0 amide bonds. The highest BCUT2D eigenvalue weighted by atomic mass is 79.9. The fourth-order valence-corrected chi connectivity index (χ4v) is 5.17. The molecule has 2 aliphatic heterocycles. The topological polar surface area (TPSA) is 45.1 Å². The number of hydrogen-bond donors (Lipinski definition) is 1. The van der Waals surface area contributed by atoms with Crippen molar-refractivity contribution in [2.75, 3.05) is 11.9 Å². The van der Waals surface area contributed by atoms with E-state index in [9.17, 15) is 5.11 Å². The first-order valence-electron chi connectivity index (χ1n) is 9.76. The quantitative estimate of drug-likeness (QED) is 0.528. The van der Waals surface area contributed by atoms with Gasteiger partial charge in [0.15, 0.2) is 5.75 Å². The van der Waals surface area contributed by atoms with Crippen LogP contribution < -0.4 is 9.64 Å². The maximum atomic E-state index is 9.60. The number of alkyl halides is 1. The predicted octanol–water partition coefficient (Wildman–Crippen LogP) is 5.45. The second-order valence-corrected chi connectivity index (χ2v) is 8.88. The number of aliphatic imine (C=N–C) groups is 1. The summed E-state index contributed by atoms with van der Waals surface area (Å²) in [7, 11) is 2.04. The molecule has 1 spiro atoms. The Morgan fingerprint density at radius 1 is 1.14 bits per heavy atom. The fraction of sp³-hybridized carbons (Fsp3) is 0.292. The third-order valence-corrected chi connectivity index (χ3v) is 7.10. The Kier molecular flexibility index (Phi) is 4.06. The molecule has 1 N–H and O–H groups in total. The number of aliphatic hydroxyl groups excluding tert-OH is 1. The first-order chi connectivity index (χ1) is 13.9. The van der Waals surface area contributed by atoms with Gasteiger partial charge in [-0.15, -0.1) is 0 Å². The lowest BCUT2D eigenvalue weighted by Crippen LogP contribution is -2.61. The summed E-state index contributed by atoms with van der Waals surface area (Å²) in [5.41, 5.74) is 4.05. The number of nitrogens with zero attached hydrogens (tertiary/aromatic N) is 2. The van der Waals surface area contributed by atoms with Crippen molar-refractivity contribution in [1.29, 1.82) is 0 Å². The smallest absolute Gasteiger partial charge is 0.228 e. The van der Waals surface area contributed by atoms with Crippen LogP contribution in [0.1, 0.15) is 30.5 Å². The number of rotatable bonds is 2. The normalized spacial score (nSPS) is 21.3. The molecule has 5 heteroatoms. The molecule has 2 aliphatic rings. The summed E-state index contributed by atoms with van der Waals surface area (Å²) in [6.07, 6.45) is 1.96. The summed E-state index contributed by atoms with van der Waals surface area (Å²) in [5.74, 6) is 0.832. The van der Waals surface area contributed by atoms with Gasteiger partial charge in [-0.1, -0.05) is 52.3 Å². The summed E-state index contributed by atoms with van der Waals surface area (Å²) in [6.45, 7) is 4.41. The van der Waals surface area contributed by atoms with Gasteiger partial charge in [0.2, 0.25) is 5.72 Å². The van der Waals surface area contributed by atoms with Gasteiger partial charge in [0.05, 0.1) is 18.2 Å². The van der Waals surface area contributed by atoms with Crippen LogP contribution in [0.3, 0.4) is 0 Å². The molecule has 0 aromatic heterocycles. The van der Waals surface area contributed by atoms with Gasteiger partial charge in [0.25, 0.3) is 0 Å². The molecule has 4 nitrogen and oxygen atoms in total. The maximum Gasteiger partial charge on any atom is 0.228 e. The SMILES string of the molecule is CN1c2cc(CO)ccc2C(C)(C)C12C=Nc1c(c(CBr)cc3ccccc13)O2. The van der Waals surface area contributed by atoms with E-state index in [0.717, 1.165) is 39.0 Å². The molecule has 5 rings (SSSR count). The Morgan fingerprint density at radius 2 is 1.93 bits per heavy atom. The number of ether oxygens (including phenoxy) is 1. The van der Waals surface area contributed by atoms with E-state index in [1.165, 1.54) is 5.56 Å². The van der Waals surface area contributed by atoms with Crippen molar-refractivity contribution < 1.29 is 9.84 Å². The van der Waals surface area contributed by atoms with E-state index in [2.05, 4.69) is 58.9 Å². The van der Waals surface area contributed by atoms with Crippen LogP contribution in [0.15, 0.2) is 53.5 Å². The molecule has 1 unspecified atom stereocenters. The molecule has 0 saturated carbocycles. The minimum absolute atomic E-state index is 0.0199. The number of anilines is 1.